The summed E-state index contributed by atoms with van der Waals surface area (Å²) >= 11 is 5.57. The van der Waals surface area contributed by atoms with Gasteiger partial charge in [-0.05, 0) is 55.4 Å². The van der Waals surface area contributed by atoms with Crippen LogP contribution in [0, 0.1) is 6.92 Å². The predicted molar refractivity (Wildman–Crippen MR) is 121 cm³/mol. The molecule has 0 aliphatic carbocycles. The molecule has 0 aromatic heterocycles. The number of thiocarbonyl (C=S) groups is 1. The van der Waals surface area contributed by atoms with Gasteiger partial charge in [0.1, 0.15) is 0 Å². The molecule has 5 heteroatoms. The normalized spacial score (nSPS) is 11.4. The first kappa shape index (κ1) is 20.6. The summed E-state index contributed by atoms with van der Waals surface area (Å²) in [5.41, 5.74) is 4.64. The highest BCUT2D eigenvalue weighted by Gasteiger charge is 2.16. The first-order chi connectivity index (χ1) is 14.1. The fraction of sp³-hybridized carbons (Fsp3) is 0.167. The Kier molecular flexibility index (Phi) is 6.98. The van der Waals surface area contributed by atoms with E-state index in [1.165, 1.54) is 5.56 Å². The van der Waals surface area contributed by atoms with Gasteiger partial charge in [0.2, 0.25) is 0 Å². The van der Waals surface area contributed by atoms with Crippen molar-refractivity contribution in [2.24, 2.45) is 0 Å². The molecule has 1 unspecified atom stereocenters. The van der Waals surface area contributed by atoms with E-state index in [1.807, 2.05) is 30.3 Å². The van der Waals surface area contributed by atoms with E-state index in [0.717, 1.165) is 16.8 Å². The zero-order valence-corrected chi connectivity index (χ0v) is 17.3. The van der Waals surface area contributed by atoms with Crippen molar-refractivity contribution in [1.82, 2.24) is 5.32 Å². The molecule has 0 aliphatic rings. The molecule has 148 valence electrons. The van der Waals surface area contributed by atoms with Crippen LogP contribution in [0.15, 0.2) is 78.9 Å². The zero-order valence-electron chi connectivity index (χ0n) is 16.5. The second kappa shape index (κ2) is 9.85. The van der Waals surface area contributed by atoms with Crippen LogP contribution in [0.25, 0.3) is 0 Å². The van der Waals surface area contributed by atoms with Gasteiger partial charge in [0, 0.05) is 5.69 Å². The number of hydrogen-bond acceptors (Lipinski definition) is 3. The number of hydrogen-bond donors (Lipinski definition) is 2. The Balaban J connectivity index is 1.79. The zero-order chi connectivity index (χ0) is 20.6. The topological polar surface area (TPSA) is 50.4 Å². The van der Waals surface area contributed by atoms with E-state index in [0.29, 0.717) is 17.3 Å². The molecule has 0 fully saturated rings. The van der Waals surface area contributed by atoms with Gasteiger partial charge in [-0.2, -0.15) is 0 Å². The third kappa shape index (κ3) is 5.65. The van der Waals surface area contributed by atoms with Crippen LogP contribution in [0.5, 0.6) is 0 Å². The number of carbonyl (C=O) groups excluding carboxylic acids is 1. The van der Waals surface area contributed by atoms with Crippen molar-refractivity contribution in [3.05, 3.63) is 101 Å². The molecular weight excluding hydrogens is 380 g/mol. The molecule has 4 nitrogen and oxygen atoms in total. The molecule has 0 saturated carbocycles. The number of nitrogens with one attached hydrogen (secondary N) is 2. The van der Waals surface area contributed by atoms with Crippen molar-refractivity contribution in [2.75, 3.05) is 11.9 Å². The standard InChI is InChI=1S/C24H24N2O2S/c1-3-28-23(27)20-13-8-14-21(16-20)25-24(29)26-22(18-10-5-4-6-11-18)19-12-7-9-17(2)15-19/h4-16,22H,3H2,1-2H3,(H2,25,26,29). The molecule has 29 heavy (non-hydrogen) atoms. The Bertz CT molecular complexity index is 989. The lowest BCUT2D eigenvalue weighted by atomic mass is 9.97. The summed E-state index contributed by atoms with van der Waals surface area (Å²) in [6, 6.07) is 25.5. The van der Waals surface area contributed by atoms with E-state index in [2.05, 4.69) is 47.9 Å². The van der Waals surface area contributed by atoms with Gasteiger partial charge in [-0.1, -0.05) is 66.2 Å². The summed E-state index contributed by atoms with van der Waals surface area (Å²) < 4.78 is 5.06. The van der Waals surface area contributed by atoms with Crippen molar-refractivity contribution >= 4 is 29.0 Å². The average Bonchev–Trinajstić information content (AvgIpc) is 2.73. The van der Waals surface area contributed by atoms with Crippen LogP contribution in [-0.4, -0.2) is 17.7 Å². The van der Waals surface area contributed by atoms with Gasteiger partial charge >= 0.3 is 5.97 Å². The minimum atomic E-state index is -0.350. The highest BCUT2D eigenvalue weighted by molar-refractivity contribution is 7.80. The van der Waals surface area contributed by atoms with Gasteiger partial charge in [-0.25, -0.2) is 4.79 Å². The lowest BCUT2D eigenvalue weighted by molar-refractivity contribution is 0.0526. The van der Waals surface area contributed by atoms with E-state index in [-0.39, 0.29) is 12.0 Å². The quantitative estimate of drug-likeness (QED) is 0.434. The second-order valence-corrected chi connectivity index (χ2v) is 7.07. The van der Waals surface area contributed by atoms with Gasteiger partial charge in [0.25, 0.3) is 0 Å². The largest absolute Gasteiger partial charge is 0.462 e. The Hall–Kier alpha value is -3.18. The molecule has 3 aromatic rings. The smallest absolute Gasteiger partial charge is 0.338 e. The fourth-order valence-corrected chi connectivity index (χ4v) is 3.33. The summed E-state index contributed by atoms with van der Waals surface area (Å²) in [7, 11) is 0. The van der Waals surface area contributed by atoms with Crippen molar-refractivity contribution in [3.63, 3.8) is 0 Å². The molecule has 0 radical (unpaired) electrons. The van der Waals surface area contributed by atoms with Crippen molar-refractivity contribution in [3.8, 4) is 0 Å². The number of rotatable bonds is 6. The Morgan fingerprint density at radius 2 is 1.69 bits per heavy atom. The van der Waals surface area contributed by atoms with Crippen molar-refractivity contribution in [2.45, 2.75) is 19.9 Å². The number of esters is 1. The van der Waals surface area contributed by atoms with Crippen LogP contribution in [0.3, 0.4) is 0 Å². The highest BCUT2D eigenvalue weighted by atomic mass is 32.1. The Morgan fingerprint density at radius 1 is 0.966 bits per heavy atom. The van der Waals surface area contributed by atoms with E-state index in [9.17, 15) is 4.79 Å². The van der Waals surface area contributed by atoms with Gasteiger partial charge < -0.3 is 15.4 Å². The highest BCUT2D eigenvalue weighted by Crippen LogP contribution is 2.23. The third-order valence-electron chi connectivity index (χ3n) is 4.42. The Labute approximate surface area is 176 Å². The SMILES string of the molecule is CCOC(=O)c1cccc(NC(=S)NC(c2ccccc2)c2cccc(C)c2)c1. The number of benzene rings is 3. The van der Waals surface area contributed by atoms with E-state index in [1.54, 1.807) is 25.1 Å². The molecule has 0 amide bonds. The van der Waals surface area contributed by atoms with E-state index < -0.39 is 0 Å². The maximum atomic E-state index is 12.0. The number of anilines is 1. The first-order valence-corrected chi connectivity index (χ1v) is 9.94. The summed E-state index contributed by atoms with van der Waals surface area (Å²) in [4.78, 5) is 12.0. The lowest BCUT2D eigenvalue weighted by Crippen LogP contribution is -2.33. The molecule has 3 rings (SSSR count). The number of ether oxygens (including phenoxy) is 1. The van der Waals surface area contributed by atoms with Crippen molar-refractivity contribution < 1.29 is 9.53 Å². The molecule has 0 heterocycles. The van der Waals surface area contributed by atoms with Crippen LogP contribution in [0.1, 0.15) is 40.0 Å². The van der Waals surface area contributed by atoms with Crippen LogP contribution >= 0.6 is 12.2 Å². The molecule has 0 aliphatic heterocycles. The lowest BCUT2D eigenvalue weighted by Gasteiger charge is -2.22. The van der Waals surface area contributed by atoms with Crippen LogP contribution < -0.4 is 10.6 Å². The third-order valence-corrected chi connectivity index (χ3v) is 4.64. The second-order valence-electron chi connectivity index (χ2n) is 6.66. The van der Waals surface area contributed by atoms with Crippen molar-refractivity contribution in [1.29, 1.82) is 0 Å². The summed E-state index contributed by atoms with van der Waals surface area (Å²) in [6.07, 6.45) is 0. The fourth-order valence-electron chi connectivity index (χ4n) is 3.09. The maximum absolute atomic E-state index is 12.0. The molecule has 1 atom stereocenters. The molecule has 0 saturated heterocycles. The van der Waals surface area contributed by atoms with Gasteiger partial charge in [-0.15, -0.1) is 0 Å². The summed E-state index contributed by atoms with van der Waals surface area (Å²) in [6.45, 7) is 4.20. The monoisotopic (exact) mass is 404 g/mol. The van der Waals surface area contributed by atoms with Crippen LogP contribution in [0.2, 0.25) is 0 Å². The van der Waals surface area contributed by atoms with Gasteiger partial charge in [-0.3, -0.25) is 0 Å². The summed E-state index contributed by atoms with van der Waals surface area (Å²) in [5.74, 6) is -0.350. The minimum Gasteiger partial charge on any atom is -0.462 e. The minimum absolute atomic E-state index is 0.0932. The van der Waals surface area contributed by atoms with Crippen LogP contribution in [0.4, 0.5) is 5.69 Å². The molecule has 3 aromatic carbocycles. The number of aryl methyl sites for hydroxylation is 1. The van der Waals surface area contributed by atoms with E-state index in [4.69, 9.17) is 17.0 Å². The maximum Gasteiger partial charge on any atom is 0.338 e. The Morgan fingerprint density at radius 3 is 2.41 bits per heavy atom. The molecule has 0 bridgehead atoms. The van der Waals surface area contributed by atoms with Gasteiger partial charge in [0.05, 0.1) is 18.2 Å². The molecule has 2 N–H and O–H groups in total. The van der Waals surface area contributed by atoms with Gasteiger partial charge in [0.15, 0.2) is 5.11 Å². The summed E-state index contributed by atoms with van der Waals surface area (Å²) in [5, 5.41) is 7.05. The number of carbonyl (C=O) groups is 1. The first-order valence-electron chi connectivity index (χ1n) is 9.53. The van der Waals surface area contributed by atoms with E-state index >= 15 is 0 Å². The molecular formula is C24H24N2O2S. The average molecular weight is 405 g/mol. The predicted octanol–water partition coefficient (Wildman–Crippen LogP) is 5.25. The molecule has 0 spiro atoms. The van der Waals surface area contributed by atoms with Crippen LogP contribution in [-0.2, 0) is 4.74 Å².